The standard InChI is InChI=1S/C13H16N4O2S/c1-14-11(18)7-4-8-15-12(19)17-13-16-9-5-2-3-6-10(9)20-13/h2-3,5-6H,4,7-8H2,1H3,(H,14,18)(H2,15,16,17,19). The number of hydrogen-bond acceptors (Lipinski definition) is 4. The second kappa shape index (κ2) is 6.85. The van der Waals surface area contributed by atoms with Crippen LogP contribution in [0.25, 0.3) is 10.2 Å². The van der Waals surface area contributed by atoms with Gasteiger partial charge in [-0.05, 0) is 18.6 Å². The molecule has 2 aromatic rings. The smallest absolute Gasteiger partial charge is 0.321 e. The van der Waals surface area contributed by atoms with Gasteiger partial charge in [0.2, 0.25) is 5.91 Å². The van der Waals surface area contributed by atoms with Gasteiger partial charge < -0.3 is 10.6 Å². The Morgan fingerprint density at radius 2 is 2.10 bits per heavy atom. The Morgan fingerprint density at radius 3 is 2.85 bits per heavy atom. The quantitative estimate of drug-likeness (QED) is 0.736. The van der Waals surface area contributed by atoms with E-state index in [-0.39, 0.29) is 11.9 Å². The number of thiazole rings is 1. The van der Waals surface area contributed by atoms with Crippen LogP contribution in [0.1, 0.15) is 12.8 Å². The van der Waals surface area contributed by atoms with Crippen LogP contribution >= 0.6 is 11.3 Å². The van der Waals surface area contributed by atoms with Crippen molar-refractivity contribution in [3.05, 3.63) is 24.3 Å². The fourth-order valence-corrected chi connectivity index (χ4v) is 2.50. The third-order valence-corrected chi connectivity index (χ3v) is 3.61. The third kappa shape index (κ3) is 3.92. The van der Waals surface area contributed by atoms with Crippen LogP contribution in [0.5, 0.6) is 0 Å². The number of urea groups is 1. The highest BCUT2D eigenvalue weighted by Gasteiger charge is 2.06. The number of para-hydroxylation sites is 1. The Labute approximate surface area is 120 Å². The van der Waals surface area contributed by atoms with E-state index in [1.165, 1.54) is 11.3 Å². The average Bonchev–Trinajstić information content (AvgIpc) is 2.85. The van der Waals surface area contributed by atoms with E-state index in [9.17, 15) is 9.59 Å². The normalized spacial score (nSPS) is 10.2. The van der Waals surface area contributed by atoms with Crippen molar-refractivity contribution >= 4 is 38.6 Å². The van der Waals surface area contributed by atoms with E-state index in [2.05, 4.69) is 20.9 Å². The van der Waals surface area contributed by atoms with Crippen LogP contribution in [0.4, 0.5) is 9.93 Å². The number of rotatable bonds is 5. The van der Waals surface area contributed by atoms with E-state index in [1.54, 1.807) is 7.05 Å². The molecular formula is C13H16N4O2S. The Morgan fingerprint density at radius 1 is 1.30 bits per heavy atom. The van der Waals surface area contributed by atoms with E-state index >= 15 is 0 Å². The Kier molecular flexibility index (Phi) is 4.89. The molecule has 0 saturated heterocycles. The molecule has 1 aromatic carbocycles. The van der Waals surface area contributed by atoms with E-state index in [4.69, 9.17) is 0 Å². The summed E-state index contributed by atoms with van der Waals surface area (Å²) >= 11 is 1.43. The van der Waals surface area contributed by atoms with Gasteiger partial charge in [-0.25, -0.2) is 9.78 Å². The van der Waals surface area contributed by atoms with E-state index in [1.807, 2.05) is 24.3 Å². The zero-order valence-electron chi connectivity index (χ0n) is 11.1. The molecule has 1 heterocycles. The number of amides is 3. The zero-order chi connectivity index (χ0) is 14.4. The summed E-state index contributed by atoms with van der Waals surface area (Å²) in [5, 5.41) is 8.48. The van der Waals surface area contributed by atoms with Crippen molar-refractivity contribution < 1.29 is 9.59 Å². The molecule has 6 nitrogen and oxygen atoms in total. The van der Waals surface area contributed by atoms with Crippen LogP contribution in [0, 0.1) is 0 Å². The maximum absolute atomic E-state index is 11.6. The first-order valence-electron chi connectivity index (χ1n) is 6.30. The van der Waals surface area contributed by atoms with Crippen LogP contribution in [-0.4, -0.2) is 30.5 Å². The molecular weight excluding hydrogens is 276 g/mol. The summed E-state index contributed by atoms with van der Waals surface area (Å²) in [5.41, 5.74) is 0.868. The molecule has 3 N–H and O–H groups in total. The number of hydrogen-bond donors (Lipinski definition) is 3. The van der Waals surface area contributed by atoms with Gasteiger partial charge in [-0.15, -0.1) is 0 Å². The van der Waals surface area contributed by atoms with Crippen molar-refractivity contribution in [3.63, 3.8) is 0 Å². The molecule has 0 bridgehead atoms. The van der Waals surface area contributed by atoms with Gasteiger partial charge in [0.1, 0.15) is 0 Å². The van der Waals surface area contributed by atoms with Crippen LogP contribution < -0.4 is 16.0 Å². The third-order valence-electron chi connectivity index (χ3n) is 2.66. The predicted octanol–water partition coefficient (Wildman–Crippen LogP) is 1.94. The van der Waals surface area contributed by atoms with Gasteiger partial charge in [0.15, 0.2) is 5.13 Å². The number of anilines is 1. The summed E-state index contributed by atoms with van der Waals surface area (Å²) in [7, 11) is 1.59. The maximum atomic E-state index is 11.6. The molecule has 0 spiro atoms. The largest absolute Gasteiger partial charge is 0.359 e. The summed E-state index contributed by atoms with van der Waals surface area (Å²) in [4.78, 5) is 27.0. The number of carbonyl (C=O) groups excluding carboxylic acids is 2. The Bertz CT molecular complexity index is 578. The number of aromatic nitrogens is 1. The predicted molar refractivity (Wildman–Crippen MR) is 79.9 cm³/mol. The molecule has 106 valence electrons. The Balaban J connectivity index is 1.78. The first kappa shape index (κ1) is 14.3. The first-order chi connectivity index (χ1) is 9.69. The minimum Gasteiger partial charge on any atom is -0.359 e. The van der Waals surface area contributed by atoms with Crippen molar-refractivity contribution in [2.75, 3.05) is 18.9 Å². The van der Waals surface area contributed by atoms with Gasteiger partial charge in [-0.2, -0.15) is 0 Å². The molecule has 0 aliphatic rings. The van der Waals surface area contributed by atoms with E-state index in [0.29, 0.717) is 24.5 Å². The molecule has 7 heteroatoms. The second-order valence-corrected chi connectivity index (χ2v) is 5.18. The van der Waals surface area contributed by atoms with Gasteiger partial charge in [0, 0.05) is 20.0 Å². The molecule has 0 saturated carbocycles. The second-order valence-electron chi connectivity index (χ2n) is 4.14. The molecule has 20 heavy (non-hydrogen) atoms. The van der Waals surface area contributed by atoms with Gasteiger partial charge in [0.25, 0.3) is 0 Å². The lowest BCUT2D eigenvalue weighted by Gasteiger charge is -2.04. The lowest BCUT2D eigenvalue weighted by molar-refractivity contribution is -0.120. The van der Waals surface area contributed by atoms with Crippen molar-refractivity contribution in [1.29, 1.82) is 0 Å². The van der Waals surface area contributed by atoms with Gasteiger partial charge >= 0.3 is 6.03 Å². The summed E-state index contributed by atoms with van der Waals surface area (Å²) in [6.07, 6.45) is 1.00. The van der Waals surface area contributed by atoms with Gasteiger partial charge in [-0.3, -0.25) is 10.1 Å². The molecule has 0 atom stereocenters. The number of nitrogens with one attached hydrogen (secondary N) is 3. The van der Waals surface area contributed by atoms with Crippen LogP contribution in [0.15, 0.2) is 24.3 Å². The summed E-state index contributed by atoms with van der Waals surface area (Å²) in [5.74, 6) is -0.0293. The fourth-order valence-electron chi connectivity index (χ4n) is 1.64. The minimum absolute atomic E-state index is 0.0293. The van der Waals surface area contributed by atoms with Crippen LogP contribution in [0.3, 0.4) is 0 Å². The molecule has 1 aromatic heterocycles. The monoisotopic (exact) mass is 292 g/mol. The number of carbonyl (C=O) groups is 2. The SMILES string of the molecule is CNC(=O)CCCNC(=O)Nc1nc2ccccc2s1. The molecule has 0 radical (unpaired) electrons. The number of nitrogens with zero attached hydrogens (tertiary/aromatic N) is 1. The number of fused-ring (bicyclic) bond motifs is 1. The lowest BCUT2D eigenvalue weighted by atomic mass is 10.3. The molecule has 3 amide bonds. The minimum atomic E-state index is -0.305. The van der Waals surface area contributed by atoms with Crippen molar-refractivity contribution in [2.24, 2.45) is 0 Å². The first-order valence-corrected chi connectivity index (χ1v) is 7.11. The molecule has 0 aliphatic heterocycles. The molecule has 0 fully saturated rings. The van der Waals surface area contributed by atoms with E-state index in [0.717, 1.165) is 10.2 Å². The molecule has 0 aliphatic carbocycles. The fraction of sp³-hybridized carbons (Fsp3) is 0.308. The van der Waals surface area contributed by atoms with Crippen LogP contribution in [0.2, 0.25) is 0 Å². The highest BCUT2D eigenvalue weighted by atomic mass is 32.1. The zero-order valence-corrected chi connectivity index (χ0v) is 11.9. The Hall–Kier alpha value is -2.15. The lowest BCUT2D eigenvalue weighted by Crippen LogP contribution is -2.30. The summed E-state index contributed by atoms with van der Waals surface area (Å²) in [6.45, 7) is 0.449. The molecule has 2 rings (SSSR count). The van der Waals surface area contributed by atoms with Crippen molar-refractivity contribution in [3.8, 4) is 0 Å². The number of benzene rings is 1. The van der Waals surface area contributed by atoms with Gasteiger partial charge in [0.05, 0.1) is 10.2 Å². The topological polar surface area (TPSA) is 83.1 Å². The van der Waals surface area contributed by atoms with Gasteiger partial charge in [-0.1, -0.05) is 23.5 Å². The highest BCUT2D eigenvalue weighted by molar-refractivity contribution is 7.22. The average molecular weight is 292 g/mol. The van der Waals surface area contributed by atoms with Crippen molar-refractivity contribution in [2.45, 2.75) is 12.8 Å². The summed E-state index contributed by atoms with van der Waals surface area (Å²) < 4.78 is 1.03. The highest BCUT2D eigenvalue weighted by Crippen LogP contribution is 2.25. The van der Waals surface area contributed by atoms with Crippen molar-refractivity contribution in [1.82, 2.24) is 15.6 Å². The maximum Gasteiger partial charge on any atom is 0.321 e. The summed E-state index contributed by atoms with van der Waals surface area (Å²) in [6, 6.07) is 7.40. The van der Waals surface area contributed by atoms with E-state index < -0.39 is 0 Å². The van der Waals surface area contributed by atoms with Crippen LogP contribution in [-0.2, 0) is 4.79 Å². The molecule has 0 unspecified atom stereocenters.